The van der Waals surface area contributed by atoms with E-state index < -0.39 is 21.9 Å². The lowest BCUT2D eigenvalue weighted by Crippen LogP contribution is -2.30. The second-order valence-electron chi connectivity index (χ2n) is 4.61. The zero-order chi connectivity index (χ0) is 14.9. The Bertz CT molecular complexity index is 665. The van der Waals surface area contributed by atoms with Gasteiger partial charge in [-0.05, 0) is 24.6 Å². The Morgan fingerprint density at radius 2 is 2.00 bits per heavy atom. The molecule has 0 saturated carbocycles. The highest BCUT2D eigenvalue weighted by Crippen LogP contribution is 2.31. The second kappa shape index (κ2) is 5.24. The molecule has 0 atom stereocenters. The average molecular weight is 297 g/mol. The van der Waals surface area contributed by atoms with Crippen LogP contribution in [0.25, 0.3) is 0 Å². The molecule has 1 aromatic carbocycles. The van der Waals surface area contributed by atoms with Gasteiger partial charge in [0.05, 0.1) is 11.1 Å². The molecular formula is C13H15NO5S. The van der Waals surface area contributed by atoms with E-state index in [-0.39, 0.29) is 22.6 Å². The Kier molecular flexibility index (Phi) is 3.80. The first-order valence-corrected chi connectivity index (χ1v) is 7.78. The van der Waals surface area contributed by atoms with Crippen molar-refractivity contribution in [2.75, 3.05) is 6.54 Å². The standard InChI is InChI=1S/C13H15NO5S/c1-2-3-4-7-14-12(15)10-6-5-9(13(16)17)8-11(10)20(14,18)19/h5-6,8H,2-4,7H2,1H3,(H,16,17). The lowest BCUT2D eigenvalue weighted by atomic mass is 10.1. The molecule has 7 heteroatoms. The quantitative estimate of drug-likeness (QED) is 0.835. The van der Waals surface area contributed by atoms with E-state index in [9.17, 15) is 18.0 Å². The summed E-state index contributed by atoms with van der Waals surface area (Å²) in [6, 6.07) is 3.55. The zero-order valence-electron chi connectivity index (χ0n) is 11.0. The minimum atomic E-state index is -3.91. The Morgan fingerprint density at radius 1 is 1.30 bits per heavy atom. The Hall–Kier alpha value is -1.89. The molecule has 0 radical (unpaired) electrons. The summed E-state index contributed by atoms with van der Waals surface area (Å²) < 4.78 is 25.4. The van der Waals surface area contributed by atoms with Gasteiger partial charge in [-0.2, -0.15) is 0 Å². The van der Waals surface area contributed by atoms with Crippen LogP contribution in [0.1, 0.15) is 46.9 Å². The molecule has 0 fully saturated rings. The number of hydrogen-bond donors (Lipinski definition) is 1. The van der Waals surface area contributed by atoms with Crippen molar-refractivity contribution in [3.63, 3.8) is 0 Å². The van der Waals surface area contributed by atoms with Crippen molar-refractivity contribution >= 4 is 21.9 Å². The van der Waals surface area contributed by atoms with Gasteiger partial charge in [-0.3, -0.25) is 4.79 Å². The third kappa shape index (κ3) is 2.29. The topological polar surface area (TPSA) is 91.8 Å². The monoisotopic (exact) mass is 297 g/mol. The van der Waals surface area contributed by atoms with Gasteiger partial charge in [0.15, 0.2) is 0 Å². The molecule has 1 aliphatic heterocycles. The molecule has 1 N–H and O–H groups in total. The van der Waals surface area contributed by atoms with Crippen LogP contribution in [-0.2, 0) is 10.0 Å². The number of hydrogen-bond acceptors (Lipinski definition) is 4. The van der Waals surface area contributed by atoms with E-state index in [1.54, 1.807) is 0 Å². The van der Waals surface area contributed by atoms with Crippen molar-refractivity contribution in [2.24, 2.45) is 0 Å². The van der Waals surface area contributed by atoms with E-state index in [1.165, 1.54) is 12.1 Å². The van der Waals surface area contributed by atoms with Crippen molar-refractivity contribution < 1.29 is 23.1 Å². The molecule has 1 aromatic rings. The molecule has 20 heavy (non-hydrogen) atoms. The number of rotatable bonds is 5. The van der Waals surface area contributed by atoms with Crippen molar-refractivity contribution in [3.8, 4) is 0 Å². The van der Waals surface area contributed by atoms with Crippen LogP contribution in [0.4, 0.5) is 0 Å². The second-order valence-corrected chi connectivity index (χ2v) is 6.44. The molecule has 6 nitrogen and oxygen atoms in total. The van der Waals surface area contributed by atoms with Gasteiger partial charge in [0.1, 0.15) is 4.90 Å². The van der Waals surface area contributed by atoms with E-state index >= 15 is 0 Å². The molecule has 0 aliphatic carbocycles. The first kappa shape index (κ1) is 14.5. The third-order valence-corrected chi connectivity index (χ3v) is 5.04. The normalized spacial score (nSPS) is 16.2. The minimum Gasteiger partial charge on any atom is -0.478 e. The fourth-order valence-corrected chi connectivity index (χ4v) is 3.77. The van der Waals surface area contributed by atoms with E-state index in [2.05, 4.69) is 0 Å². The first-order chi connectivity index (χ1) is 9.39. The van der Waals surface area contributed by atoms with Crippen LogP contribution in [-0.4, -0.2) is 36.3 Å². The summed E-state index contributed by atoms with van der Waals surface area (Å²) in [5, 5.41) is 8.90. The summed E-state index contributed by atoms with van der Waals surface area (Å²) in [6.07, 6.45) is 2.34. The van der Waals surface area contributed by atoms with Crippen LogP contribution in [0.5, 0.6) is 0 Å². The Labute approximate surface area is 117 Å². The number of amides is 1. The van der Waals surface area contributed by atoms with Crippen molar-refractivity contribution in [2.45, 2.75) is 31.1 Å². The van der Waals surface area contributed by atoms with Gasteiger partial charge < -0.3 is 5.11 Å². The maximum atomic E-state index is 12.3. The zero-order valence-corrected chi connectivity index (χ0v) is 11.8. The number of carboxylic acids is 1. The highest BCUT2D eigenvalue weighted by Gasteiger charge is 2.41. The van der Waals surface area contributed by atoms with Gasteiger partial charge in [-0.1, -0.05) is 19.8 Å². The molecule has 2 rings (SSSR count). The maximum absolute atomic E-state index is 12.3. The van der Waals surface area contributed by atoms with E-state index in [1.807, 2.05) is 6.92 Å². The molecule has 108 valence electrons. The number of nitrogens with zero attached hydrogens (tertiary/aromatic N) is 1. The summed E-state index contributed by atoms with van der Waals surface area (Å²) >= 11 is 0. The maximum Gasteiger partial charge on any atom is 0.335 e. The molecular weight excluding hydrogens is 282 g/mol. The molecule has 0 unspecified atom stereocenters. The summed E-state index contributed by atoms with van der Waals surface area (Å²) in [4.78, 5) is 22.8. The number of unbranched alkanes of at least 4 members (excludes halogenated alkanes) is 2. The van der Waals surface area contributed by atoms with Crippen LogP contribution in [0.3, 0.4) is 0 Å². The van der Waals surface area contributed by atoms with Crippen LogP contribution in [0, 0.1) is 0 Å². The van der Waals surface area contributed by atoms with Gasteiger partial charge in [-0.15, -0.1) is 0 Å². The summed E-state index contributed by atoms with van der Waals surface area (Å²) in [5.41, 5.74) is -0.0953. The number of sulfonamides is 1. The van der Waals surface area contributed by atoms with Crippen LogP contribution >= 0.6 is 0 Å². The SMILES string of the molecule is CCCCCN1C(=O)c2ccc(C(=O)O)cc2S1(=O)=O. The van der Waals surface area contributed by atoms with E-state index in [0.717, 1.165) is 23.2 Å². The fraction of sp³-hybridized carbons (Fsp3) is 0.385. The number of carbonyl (C=O) groups is 2. The number of benzene rings is 1. The Morgan fingerprint density at radius 3 is 2.60 bits per heavy atom. The highest BCUT2D eigenvalue weighted by atomic mass is 32.2. The molecule has 0 aromatic heterocycles. The van der Waals surface area contributed by atoms with Gasteiger partial charge in [-0.25, -0.2) is 17.5 Å². The predicted molar refractivity (Wildman–Crippen MR) is 71.1 cm³/mol. The van der Waals surface area contributed by atoms with Crippen molar-refractivity contribution in [3.05, 3.63) is 29.3 Å². The van der Waals surface area contributed by atoms with E-state index in [4.69, 9.17) is 5.11 Å². The smallest absolute Gasteiger partial charge is 0.335 e. The fourth-order valence-electron chi connectivity index (χ4n) is 2.13. The number of aromatic carboxylic acids is 1. The predicted octanol–water partition coefficient (Wildman–Crippen LogP) is 1.72. The lowest BCUT2D eigenvalue weighted by molar-refractivity contribution is 0.0695. The number of fused-ring (bicyclic) bond motifs is 1. The number of carboxylic acid groups (broad SMARTS) is 1. The summed E-state index contributed by atoms with van der Waals surface area (Å²) in [7, 11) is -3.91. The highest BCUT2D eigenvalue weighted by molar-refractivity contribution is 7.90. The largest absolute Gasteiger partial charge is 0.478 e. The summed E-state index contributed by atoms with van der Waals surface area (Å²) in [6.45, 7) is 2.11. The van der Waals surface area contributed by atoms with Crippen molar-refractivity contribution in [1.29, 1.82) is 0 Å². The van der Waals surface area contributed by atoms with Crippen LogP contribution in [0.15, 0.2) is 23.1 Å². The Balaban J connectivity index is 2.40. The van der Waals surface area contributed by atoms with Gasteiger partial charge in [0.2, 0.25) is 0 Å². The van der Waals surface area contributed by atoms with Crippen LogP contribution in [0.2, 0.25) is 0 Å². The van der Waals surface area contributed by atoms with Crippen molar-refractivity contribution in [1.82, 2.24) is 4.31 Å². The van der Waals surface area contributed by atoms with Gasteiger partial charge >= 0.3 is 5.97 Å². The first-order valence-electron chi connectivity index (χ1n) is 6.34. The van der Waals surface area contributed by atoms with Gasteiger partial charge in [0.25, 0.3) is 15.9 Å². The average Bonchev–Trinajstić information content (AvgIpc) is 2.59. The van der Waals surface area contributed by atoms with Gasteiger partial charge in [0, 0.05) is 6.54 Å². The van der Waals surface area contributed by atoms with Crippen LogP contribution < -0.4 is 0 Å². The molecule has 1 amide bonds. The third-order valence-electron chi connectivity index (χ3n) is 3.22. The molecule has 0 bridgehead atoms. The molecule has 0 spiro atoms. The number of carbonyl (C=O) groups excluding carboxylic acids is 1. The molecule has 1 heterocycles. The molecule has 1 aliphatic rings. The minimum absolute atomic E-state index is 0.0477. The summed E-state index contributed by atoms with van der Waals surface area (Å²) in [5.74, 6) is -1.80. The molecule has 0 saturated heterocycles. The van der Waals surface area contributed by atoms with E-state index in [0.29, 0.717) is 6.42 Å². The lowest BCUT2D eigenvalue weighted by Gasteiger charge is -2.14.